The third-order valence-electron chi connectivity index (χ3n) is 7.59. The van der Waals surface area contributed by atoms with Crippen LogP contribution in [-0.2, 0) is 9.59 Å². The minimum atomic E-state index is -0.0180. The lowest BCUT2D eigenvalue weighted by Crippen LogP contribution is -2.43. The van der Waals surface area contributed by atoms with E-state index in [1.54, 1.807) is 5.57 Å². The van der Waals surface area contributed by atoms with Crippen molar-refractivity contribution in [3.8, 4) is 0 Å². The predicted molar refractivity (Wildman–Crippen MR) is 95.5 cm³/mol. The highest BCUT2D eigenvalue weighted by molar-refractivity contribution is 5.93. The molecule has 4 aliphatic rings. The first-order valence-corrected chi connectivity index (χ1v) is 10.0. The van der Waals surface area contributed by atoms with E-state index in [4.69, 9.17) is 0 Å². The lowest BCUT2D eigenvalue weighted by molar-refractivity contribution is -0.130. The van der Waals surface area contributed by atoms with Crippen molar-refractivity contribution in [3.63, 3.8) is 0 Å². The van der Waals surface area contributed by atoms with Crippen molar-refractivity contribution in [2.45, 2.75) is 78.1 Å². The van der Waals surface area contributed by atoms with Gasteiger partial charge in [-0.15, -0.1) is 0 Å². The van der Waals surface area contributed by atoms with Gasteiger partial charge in [-0.25, -0.2) is 0 Å². The number of carbonyl (C=O) groups is 2. The first-order chi connectivity index (χ1) is 11.5. The number of ketones is 2. The molecule has 0 saturated heterocycles. The van der Waals surface area contributed by atoms with Crippen molar-refractivity contribution < 1.29 is 9.59 Å². The molecule has 0 amide bonds. The molecule has 130 valence electrons. The zero-order valence-electron chi connectivity index (χ0n) is 15.2. The molecule has 4 atom stereocenters. The van der Waals surface area contributed by atoms with E-state index >= 15 is 0 Å². The Hall–Kier alpha value is -1.18. The van der Waals surface area contributed by atoms with Gasteiger partial charge < -0.3 is 0 Å². The molecule has 0 N–H and O–H groups in total. The van der Waals surface area contributed by atoms with Gasteiger partial charge in [0, 0.05) is 18.3 Å². The van der Waals surface area contributed by atoms with Crippen LogP contribution in [0.5, 0.6) is 0 Å². The molecule has 0 spiro atoms. The highest BCUT2D eigenvalue weighted by Gasteiger charge is 2.56. The van der Waals surface area contributed by atoms with Crippen LogP contribution < -0.4 is 0 Å². The van der Waals surface area contributed by atoms with E-state index in [1.165, 1.54) is 17.6 Å². The van der Waals surface area contributed by atoms with Crippen molar-refractivity contribution in [2.24, 2.45) is 23.2 Å². The van der Waals surface area contributed by atoms with Crippen LogP contribution in [0.4, 0.5) is 0 Å². The van der Waals surface area contributed by atoms with Crippen molar-refractivity contribution in [1.29, 1.82) is 0 Å². The van der Waals surface area contributed by atoms with Crippen molar-refractivity contribution in [1.82, 2.24) is 0 Å². The third-order valence-corrected chi connectivity index (χ3v) is 7.59. The Morgan fingerprint density at radius 3 is 2.75 bits per heavy atom. The van der Waals surface area contributed by atoms with Crippen LogP contribution in [0.15, 0.2) is 22.8 Å². The van der Waals surface area contributed by atoms with Crippen LogP contribution in [-0.4, -0.2) is 11.6 Å². The Morgan fingerprint density at radius 2 is 1.96 bits per heavy atom. The Labute approximate surface area is 145 Å². The Kier molecular flexibility index (Phi) is 4.05. The average molecular weight is 326 g/mol. The molecule has 0 heterocycles. The minimum absolute atomic E-state index is 0.0180. The second kappa shape index (κ2) is 5.97. The van der Waals surface area contributed by atoms with Gasteiger partial charge in [0.05, 0.1) is 0 Å². The Morgan fingerprint density at radius 1 is 1.12 bits per heavy atom. The number of hydrogen-bond acceptors (Lipinski definition) is 2. The Balaban J connectivity index is 1.70. The lowest BCUT2D eigenvalue weighted by Gasteiger charge is -2.48. The maximum absolute atomic E-state index is 12.9. The summed E-state index contributed by atoms with van der Waals surface area (Å²) in [6.45, 7) is 4.57. The van der Waals surface area contributed by atoms with Crippen molar-refractivity contribution in [2.75, 3.05) is 0 Å². The molecule has 2 nitrogen and oxygen atoms in total. The summed E-state index contributed by atoms with van der Waals surface area (Å²) < 4.78 is 0. The van der Waals surface area contributed by atoms with Crippen LogP contribution in [0.25, 0.3) is 0 Å². The number of rotatable bonds is 3. The topological polar surface area (TPSA) is 34.1 Å². The van der Waals surface area contributed by atoms with Gasteiger partial charge >= 0.3 is 0 Å². The van der Waals surface area contributed by atoms with E-state index in [0.29, 0.717) is 35.7 Å². The van der Waals surface area contributed by atoms with Gasteiger partial charge in [-0.1, -0.05) is 25.8 Å². The first-order valence-electron chi connectivity index (χ1n) is 10.0. The zero-order chi connectivity index (χ0) is 16.9. The molecule has 0 aromatic rings. The fourth-order valence-electron chi connectivity index (χ4n) is 6.26. The number of fused-ring (bicyclic) bond motifs is 4. The number of hydrogen-bond donors (Lipinski definition) is 0. The molecule has 24 heavy (non-hydrogen) atoms. The predicted octanol–water partition coefficient (Wildman–Crippen LogP) is 5.18. The monoisotopic (exact) mass is 326 g/mol. The molecule has 0 aromatic carbocycles. The van der Waals surface area contributed by atoms with Crippen molar-refractivity contribution >= 4 is 11.6 Å². The summed E-state index contributed by atoms with van der Waals surface area (Å²) in [5.41, 5.74) is 4.47. The molecule has 0 aliphatic heterocycles. The van der Waals surface area contributed by atoms with E-state index < -0.39 is 0 Å². The highest BCUT2D eigenvalue weighted by atomic mass is 16.1. The van der Waals surface area contributed by atoms with Crippen LogP contribution in [0, 0.1) is 23.2 Å². The summed E-state index contributed by atoms with van der Waals surface area (Å²) in [5, 5.41) is 0. The van der Waals surface area contributed by atoms with Gasteiger partial charge in [-0.2, -0.15) is 0 Å². The average Bonchev–Trinajstić information content (AvgIpc) is 2.91. The molecule has 0 radical (unpaired) electrons. The molecule has 2 heteroatoms. The molecule has 1 unspecified atom stereocenters. The van der Waals surface area contributed by atoms with Gasteiger partial charge in [0.15, 0.2) is 5.78 Å². The summed E-state index contributed by atoms with van der Waals surface area (Å²) in [4.78, 5) is 24.7. The molecule has 2 saturated carbocycles. The largest absolute Gasteiger partial charge is 0.299 e. The molecule has 0 bridgehead atoms. The van der Waals surface area contributed by atoms with Crippen LogP contribution in [0.1, 0.15) is 78.1 Å². The van der Waals surface area contributed by atoms with E-state index in [0.717, 1.165) is 51.4 Å². The quantitative estimate of drug-likeness (QED) is 0.716. The fourth-order valence-corrected chi connectivity index (χ4v) is 6.26. The third kappa shape index (κ3) is 2.36. The second-order valence-electron chi connectivity index (χ2n) is 8.73. The van der Waals surface area contributed by atoms with E-state index in [1.807, 2.05) is 6.08 Å². The molecular weight excluding hydrogens is 296 g/mol. The van der Waals surface area contributed by atoms with Gasteiger partial charge in [-0.3, -0.25) is 9.59 Å². The van der Waals surface area contributed by atoms with Gasteiger partial charge in [0.25, 0.3) is 0 Å². The van der Waals surface area contributed by atoms with Gasteiger partial charge in [0.1, 0.15) is 5.78 Å². The smallest absolute Gasteiger partial charge is 0.156 e. The number of carbonyl (C=O) groups excluding carboxylic acids is 2. The maximum Gasteiger partial charge on any atom is 0.156 e. The number of allylic oxidation sites excluding steroid dienone is 4. The van der Waals surface area contributed by atoms with E-state index in [9.17, 15) is 9.59 Å². The molecule has 0 aromatic heterocycles. The summed E-state index contributed by atoms with van der Waals surface area (Å²) in [7, 11) is 0. The van der Waals surface area contributed by atoms with Gasteiger partial charge in [0.2, 0.25) is 0 Å². The Bertz CT molecular complexity index is 638. The summed E-state index contributed by atoms with van der Waals surface area (Å²) in [5.74, 6) is 2.72. The molecular formula is C22H30O2. The fraction of sp³-hybridized carbons (Fsp3) is 0.727. The summed E-state index contributed by atoms with van der Waals surface area (Å²) in [6, 6.07) is 0. The number of Topliss-reactive ketones (excluding diaryl/α,β-unsaturated/α-hetero) is 1. The SMILES string of the molecule is CCC(C)C[C@]12CCC3=C4CCC(=O)C=C4CC[C@H]3[C@@H]1CCC2=O. The summed E-state index contributed by atoms with van der Waals surface area (Å²) in [6.07, 6.45) is 12.1. The maximum atomic E-state index is 12.9. The molecule has 2 fully saturated rings. The van der Waals surface area contributed by atoms with Crippen LogP contribution >= 0.6 is 0 Å². The standard InChI is InChI=1S/C22H30O2/c1-3-14(2)13-22-11-10-18-17-7-5-16(23)12-15(17)4-6-19(18)20(22)8-9-21(22)24/h12,14,19-20H,3-11,13H2,1-2H3/t14?,19-,20+,22-/m1/s1. The first kappa shape index (κ1) is 16.3. The van der Waals surface area contributed by atoms with Crippen LogP contribution in [0.2, 0.25) is 0 Å². The zero-order valence-corrected chi connectivity index (χ0v) is 15.2. The van der Waals surface area contributed by atoms with Gasteiger partial charge in [-0.05, 0) is 79.9 Å². The molecule has 4 aliphatic carbocycles. The summed E-state index contributed by atoms with van der Waals surface area (Å²) >= 11 is 0. The normalized spacial score (nSPS) is 36.8. The van der Waals surface area contributed by atoms with E-state index in [2.05, 4.69) is 13.8 Å². The van der Waals surface area contributed by atoms with Crippen LogP contribution in [0.3, 0.4) is 0 Å². The molecule has 4 rings (SSSR count). The second-order valence-corrected chi connectivity index (χ2v) is 8.73. The van der Waals surface area contributed by atoms with Crippen molar-refractivity contribution in [3.05, 3.63) is 22.8 Å². The minimum Gasteiger partial charge on any atom is -0.299 e. The van der Waals surface area contributed by atoms with E-state index in [-0.39, 0.29) is 5.41 Å². The highest BCUT2D eigenvalue weighted by Crippen LogP contribution is 2.60. The lowest BCUT2D eigenvalue weighted by atomic mass is 9.55.